The topological polar surface area (TPSA) is 97.0 Å². The highest BCUT2D eigenvalue weighted by Gasteiger charge is 2.30. The first kappa shape index (κ1) is 24.7. The van der Waals surface area contributed by atoms with Crippen LogP contribution in [0.2, 0.25) is 0 Å². The minimum atomic E-state index is -4.43. The number of amides is 2. The minimum Gasteiger partial charge on any atom is -0.454 e. The van der Waals surface area contributed by atoms with Gasteiger partial charge in [0.15, 0.2) is 11.5 Å². The van der Waals surface area contributed by atoms with Gasteiger partial charge in [-0.3, -0.25) is 0 Å². The molecule has 0 radical (unpaired) electrons. The van der Waals surface area contributed by atoms with Crippen LogP contribution in [-0.2, 0) is 19.3 Å². The van der Waals surface area contributed by atoms with Crippen LogP contribution in [-0.4, -0.2) is 42.0 Å². The van der Waals surface area contributed by atoms with Crippen LogP contribution in [0.5, 0.6) is 11.5 Å². The molecule has 10 heteroatoms. The SMILES string of the molecule is NCCCCC(CO)NC(=O)N(Cc1ccc(C(F)(F)F)cc1)Cc1ccc2c(c1)OCO2. The van der Waals surface area contributed by atoms with Gasteiger partial charge in [-0.2, -0.15) is 13.2 Å². The van der Waals surface area contributed by atoms with E-state index >= 15 is 0 Å². The molecule has 0 aromatic heterocycles. The van der Waals surface area contributed by atoms with Crippen molar-refractivity contribution in [1.29, 1.82) is 0 Å². The lowest BCUT2D eigenvalue weighted by Gasteiger charge is -2.26. The van der Waals surface area contributed by atoms with Crippen molar-refractivity contribution in [3.05, 3.63) is 59.2 Å². The first-order valence-electron chi connectivity index (χ1n) is 10.7. The second-order valence-electron chi connectivity index (χ2n) is 7.85. The first-order valence-corrected chi connectivity index (χ1v) is 10.7. The number of nitrogens with zero attached hydrogens (tertiary/aromatic N) is 1. The fourth-order valence-corrected chi connectivity index (χ4v) is 3.49. The summed E-state index contributed by atoms with van der Waals surface area (Å²) in [6, 6.07) is 9.13. The molecule has 4 N–H and O–H groups in total. The van der Waals surface area contributed by atoms with E-state index in [2.05, 4.69) is 5.32 Å². The van der Waals surface area contributed by atoms with E-state index in [1.54, 1.807) is 18.2 Å². The summed E-state index contributed by atoms with van der Waals surface area (Å²) in [5.74, 6) is 1.18. The zero-order valence-electron chi connectivity index (χ0n) is 18.1. The summed E-state index contributed by atoms with van der Waals surface area (Å²) in [5.41, 5.74) is 6.07. The lowest BCUT2D eigenvalue weighted by molar-refractivity contribution is -0.137. The van der Waals surface area contributed by atoms with Gasteiger partial charge in [-0.05, 0) is 54.8 Å². The lowest BCUT2D eigenvalue weighted by Crippen LogP contribution is -2.45. The second-order valence-corrected chi connectivity index (χ2v) is 7.85. The van der Waals surface area contributed by atoms with Gasteiger partial charge in [-0.1, -0.05) is 24.6 Å². The third-order valence-electron chi connectivity index (χ3n) is 5.31. The highest BCUT2D eigenvalue weighted by molar-refractivity contribution is 5.74. The number of benzene rings is 2. The van der Waals surface area contributed by atoms with Crippen molar-refractivity contribution in [3.63, 3.8) is 0 Å². The van der Waals surface area contributed by atoms with Gasteiger partial charge in [-0.25, -0.2) is 4.79 Å². The molecule has 0 spiro atoms. The number of rotatable bonds is 10. The van der Waals surface area contributed by atoms with Crippen LogP contribution in [0, 0.1) is 0 Å². The number of fused-ring (bicyclic) bond motifs is 1. The van der Waals surface area contributed by atoms with Gasteiger partial charge < -0.3 is 30.5 Å². The van der Waals surface area contributed by atoms with Gasteiger partial charge in [0.25, 0.3) is 0 Å². The Morgan fingerprint density at radius 2 is 1.73 bits per heavy atom. The van der Waals surface area contributed by atoms with Crippen molar-refractivity contribution in [1.82, 2.24) is 10.2 Å². The van der Waals surface area contributed by atoms with Crippen molar-refractivity contribution in [2.24, 2.45) is 5.73 Å². The first-order chi connectivity index (χ1) is 15.8. The maximum absolute atomic E-state index is 13.1. The van der Waals surface area contributed by atoms with Crippen molar-refractivity contribution in [3.8, 4) is 11.5 Å². The third kappa shape index (κ3) is 7.00. The van der Waals surface area contributed by atoms with Crippen LogP contribution in [0.1, 0.15) is 36.0 Å². The van der Waals surface area contributed by atoms with Crippen molar-refractivity contribution in [2.75, 3.05) is 19.9 Å². The largest absolute Gasteiger partial charge is 0.454 e. The Kier molecular flexibility index (Phi) is 8.40. The number of halogens is 3. The van der Waals surface area contributed by atoms with E-state index in [4.69, 9.17) is 15.2 Å². The van der Waals surface area contributed by atoms with Gasteiger partial charge in [0.2, 0.25) is 6.79 Å². The molecular formula is C23H28F3N3O4. The molecule has 7 nitrogen and oxygen atoms in total. The van der Waals surface area contributed by atoms with Gasteiger partial charge >= 0.3 is 12.2 Å². The number of aliphatic hydroxyl groups excluding tert-OH is 1. The molecule has 0 fully saturated rings. The molecule has 33 heavy (non-hydrogen) atoms. The van der Waals surface area contributed by atoms with E-state index < -0.39 is 23.8 Å². The minimum absolute atomic E-state index is 0.0827. The molecule has 2 aromatic carbocycles. The molecule has 0 saturated carbocycles. The molecule has 180 valence electrons. The number of nitrogens with one attached hydrogen (secondary N) is 1. The van der Waals surface area contributed by atoms with Gasteiger partial charge in [-0.15, -0.1) is 0 Å². The van der Waals surface area contributed by atoms with E-state index in [1.165, 1.54) is 17.0 Å². The Morgan fingerprint density at radius 1 is 1.06 bits per heavy atom. The van der Waals surface area contributed by atoms with Crippen LogP contribution in [0.4, 0.5) is 18.0 Å². The van der Waals surface area contributed by atoms with Crippen molar-refractivity contribution in [2.45, 2.75) is 44.6 Å². The number of carbonyl (C=O) groups is 1. The summed E-state index contributed by atoms with van der Waals surface area (Å²) in [6.45, 7) is 0.685. The summed E-state index contributed by atoms with van der Waals surface area (Å²) < 4.78 is 49.4. The summed E-state index contributed by atoms with van der Waals surface area (Å²) in [6.07, 6.45) is -2.33. The third-order valence-corrected chi connectivity index (χ3v) is 5.31. The average molecular weight is 467 g/mol. The molecule has 3 rings (SSSR count). The van der Waals surface area contributed by atoms with Crippen LogP contribution >= 0.6 is 0 Å². The predicted molar refractivity (Wildman–Crippen MR) is 116 cm³/mol. The molecule has 1 unspecified atom stereocenters. The number of unbranched alkanes of at least 4 members (excludes halogenated alkanes) is 1. The van der Waals surface area contributed by atoms with E-state index in [1.807, 2.05) is 0 Å². The zero-order chi connectivity index (χ0) is 23.8. The van der Waals surface area contributed by atoms with Gasteiger partial charge in [0, 0.05) is 13.1 Å². The molecule has 0 saturated heterocycles. The molecule has 2 aromatic rings. The number of nitrogens with two attached hydrogens (primary N) is 1. The molecular weight excluding hydrogens is 439 g/mol. The van der Waals surface area contributed by atoms with Crippen molar-refractivity contribution < 1.29 is 32.5 Å². The molecule has 2 amide bonds. The zero-order valence-corrected chi connectivity index (χ0v) is 18.1. The Hall–Kier alpha value is -2.98. The molecule has 1 heterocycles. The molecule has 0 aliphatic carbocycles. The quantitative estimate of drug-likeness (QED) is 0.464. The van der Waals surface area contributed by atoms with Crippen LogP contribution in [0.3, 0.4) is 0 Å². The second kappa shape index (κ2) is 11.2. The van der Waals surface area contributed by atoms with Crippen LogP contribution < -0.4 is 20.5 Å². The van der Waals surface area contributed by atoms with E-state index in [9.17, 15) is 23.1 Å². The van der Waals surface area contributed by atoms with E-state index in [0.29, 0.717) is 30.0 Å². The monoisotopic (exact) mass is 467 g/mol. The smallest absolute Gasteiger partial charge is 0.416 e. The van der Waals surface area contributed by atoms with Crippen molar-refractivity contribution >= 4 is 6.03 Å². The molecule has 0 bridgehead atoms. The molecule has 1 aliphatic heterocycles. The Morgan fingerprint density at radius 3 is 2.39 bits per heavy atom. The van der Waals surface area contributed by atoms with Crippen LogP contribution in [0.25, 0.3) is 0 Å². The average Bonchev–Trinajstić information content (AvgIpc) is 3.25. The maximum Gasteiger partial charge on any atom is 0.416 e. The van der Waals surface area contributed by atoms with E-state index in [-0.39, 0.29) is 26.5 Å². The number of alkyl halides is 3. The van der Waals surface area contributed by atoms with Gasteiger partial charge in [0.05, 0.1) is 18.2 Å². The highest BCUT2D eigenvalue weighted by atomic mass is 19.4. The maximum atomic E-state index is 13.1. The highest BCUT2D eigenvalue weighted by Crippen LogP contribution is 2.33. The van der Waals surface area contributed by atoms with Crippen LogP contribution in [0.15, 0.2) is 42.5 Å². The molecule has 1 atom stereocenters. The molecule has 1 aliphatic rings. The van der Waals surface area contributed by atoms with Gasteiger partial charge in [0.1, 0.15) is 0 Å². The summed E-state index contributed by atoms with van der Waals surface area (Å²) in [4.78, 5) is 14.5. The normalized spacial score (nSPS) is 13.6. The summed E-state index contributed by atoms with van der Waals surface area (Å²) in [7, 11) is 0. The lowest BCUT2D eigenvalue weighted by atomic mass is 10.1. The Bertz CT molecular complexity index is 922. The summed E-state index contributed by atoms with van der Waals surface area (Å²) >= 11 is 0. The number of hydrogen-bond acceptors (Lipinski definition) is 5. The number of aliphatic hydroxyl groups is 1. The Labute approximate surface area is 190 Å². The predicted octanol–water partition coefficient (Wildman–Crippen LogP) is 3.64. The standard InChI is InChI=1S/C23H28F3N3O4/c24-23(25,26)18-7-4-16(5-8-18)12-29(22(31)28-19(14-30)3-1-2-10-27)13-17-6-9-20-21(11-17)33-15-32-20/h4-9,11,19,30H,1-3,10,12-15,27H2,(H,28,31). The fraction of sp³-hybridized carbons (Fsp3) is 0.435. The number of ether oxygens (including phenoxy) is 2. The number of carbonyl (C=O) groups excluding carboxylic acids is 1. The number of urea groups is 1. The van der Waals surface area contributed by atoms with E-state index in [0.717, 1.165) is 30.5 Å². The summed E-state index contributed by atoms with van der Waals surface area (Å²) in [5, 5.41) is 12.5. The fourth-order valence-electron chi connectivity index (χ4n) is 3.49. The Balaban J connectivity index is 1.75. The number of hydrogen-bond donors (Lipinski definition) is 3.